The van der Waals surface area contributed by atoms with Gasteiger partial charge in [-0.25, -0.2) is 4.79 Å². The third-order valence-corrected chi connectivity index (χ3v) is 0.458. The van der Waals surface area contributed by atoms with E-state index in [2.05, 4.69) is 0 Å². The first-order valence-electron chi connectivity index (χ1n) is 2.63. The van der Waals surface area contributed by atoms with E-state index in [4.69, 9.17) is 25.2 Å². The van der Waals surface area contributed by atoms with E-state index in [1.54, 1.807) is 0 Å². The summed E-state index contributed by atoms with van der Waals surface area (Å²) in [5.41, 5.74) is 0. The van der Waals surface area contributed by atoms with E-state index in [1.165, 1.54) is 0 Å². The molecule has 1 unspecified atom stereocenters. The van der Waals surface area contributed by atoms with Crippen molar-refractivity contribution in [3.63, 3.8) is 0 Å². The van der Waals surface area contributed by atoms with E-state index < -0.39 is 24.6 Å². The first-order valence-corrected chi connectivity index (χ1v) is 2.63. The van der Waals surface area contributed by atoms with Gasteiger partial charge in [0.1, 0.15) is 0 Å². The molecule has 0 bridgehead atoms. The zero-order chi connectivity index (χ0) is 9.44. The van der Waals surface area contributed by atoms with Gasteiger partial charge in [-0.05, 0) is 0 Å². The Hall–Kier alpha value is -1.14. The summed E-state index contributed by atoms with van der Waals surface area (Å²) in [6.07, 6.45) is -1.63. The molecular formula is C5H10O6. The highest BCUT2D eigenvalue weighted by Gasteiger charge is 2.08. The van der Waals surface area contributed by atoms with Crippen LogP contribution in [0.3, 0.4) is 0 Å². The Bertz CT molecular complexity index is 127. The van der Waals surface area contributed by atoms with Crippen LogP contribution in [0, 0.1) is 0 Å². The van der Waals surface area contributed by atoms with E-state index in [0.29, 0.717) is 0 Å². The second kappa shape index (κ2) is 6.97. The molecule has 0 fully saturated rings. The molecule has 66 valence electrons. The molecule has 0 rings (SSSR count). The van der Waals surface area contributed by atoms with Crippen molar-refractivity contribution in [2.24, 2.45) is 0 Å². The number of hydrogen-bond acceptors (Lipinski definition) is 4. The Morgan fingerprint density at radius 2 is 1.64 bits per heavy atom. The standard InChI is InChI=1S/C3H6O4.C2H4O2/c4-1-2(5)3(6)7;1-2(3)4/h2,4-5H,1H2,(H,6,7);1H3,(H,3,4). The Morgan fingerprint density at radius 1 is 1.36 bits per heavy atom. The molecule has 0 saturated carbocycles. The van der Waals surface area contributed by atoms with Crippen LogP contribution in [0.25, 0.3) is 0 Å². The van der Waals surface area contributed by atoms with Crippen LogP contribution in [0.2, 0.25) is 0 Å². The number of rotatable bonds is 2. The van der Waals surface area contributed by atoms with Crippen molar-refractivity contribution < 1.29 is 30.0 Å². The molecule has 0 spiro atoms. The summed E-state index contributed by atoms with van der Waals surface area (Å²) >= 11 is 0. The van der Waals surface area contributed by atoms with Crippen molar-refractivity contribution in [3.8, 4) is 0 Å². The van der Waals surface area contributed by atoms with Crippen molar-refractivity contribution in [3.05, 3.63) is 0 Å². The molecule has 0 aromatic rings. The smallest absolute Gasteiger partial charge is 0.334 e. The molecule has 0 aliphatic rings. The third-order valence-electron chi connectivity index (χ3n) is 0.458. The summed E-state index contributed by atoms with van der Waals surface area (Å²) in [5, 5.41) is 31.1. The Morgan fingerprint density at radius 3 is 1.64 bits per heavy atom. The van der Waals surface area contributed by atoms with Crippen LogP contribution in [-0.4, -0.2) is 45.1 Å². The average molecular weight is 166 g/mol. The fourth-order valence-electron chi connectivity index (χ4n) is 0.0781. The van der Waals surface area contributed by atoms with Crippen molar-refractivity contribution in [2.45, 2.75) is 13.0 Å². The van der Waals surface area contributed by atoms with Gasteiger partial charge >= 0.3 is 5.97 Å². The highest BCUT2D eigenvalue weighted by Crippen LogP contribution is 1.75. The minimum Gasteiger partial charge on any atom is -0.481 e. The molecule has 0 saturated heterocycles. The maximum absolute atomic E-state index is 9.52. The fraction of sp³-hybridized carbons (Fsp3) is 0.600. The van der Waals surface area contributed by atoms with Crippen molar-refractivity contribution in [1.82, 2.24) is 0 Å². The SMILES string of the molecule is CC(=O)O.O=C(O)C(O)CO. The lowest BCUT2D eigenvalue weighted by atomic mass is 10.4. The predicted octanol–water partition coefficient (Wildman–Crippen LogP) is -1.48. The Labute approximate surface area is 62.7 Å². The molecule has 6 nitrogen and oxygen atoms in total. The molecule has 0 aromatic heterocycles. The highest BCUT2D eigenvalue weighted by atomic mass is 16.4. The zero-order valence-electron chi connectivity index (χ0n) is 5.89. The summed E-state index contributed by atoms with van der Waals surface area (Å²) in [5.74, 6) is -2.23. The number of aliphatic hydroxyl groups is 2. The predicted molar refractivity (Wildman–Crippen MR) is 34.0 cm³/mol. The van der Waals surface area contributed by atoms with Crippen LogP contribution >= 0.6 is 0 Å². The molecule has 0 aliphatic carbocycles. The number of carboxylic acid groups (broad SMARTS) is 2. The van der Waals surface area contributed by atoms with Gasteiger partial charge in [0.15, 0.2) is 6.10 Å². The summed E-state index contributed by atoms with van der Waals surface area (Å²) < 4.78 is 0. The largest absolute Gasteiger partial charge is 0.481 e. The van der Waals surface area contributed by atoms with E-state index in [-0.39, 0.29) is 0 Å². The maximum atomic E-state index is 9.52. The second-order valence-electron chi connectivity index (χ2n) is 1.56. The average Bonchev–Trinajstić information content (AvgIpc) is 1.85. The summed E-state index contributed by atoms with van der Waals surface area (Å²) in [6.45, 7) is 0.356. The molecule has 0 amide bonds. The van der Waals surface area contributed by atoms with Gasteiger partial charge in [0.05, 0.1) is 6.61 Å². The van der Waals surface area contributed by atoms with Gasteiger partial charge in [0.2, 0.25) is 0 Å². The molecular weight excluding hydrogens is 156 g/mol. The highest BCUT2D eigenvalue weighted by molar-refractivity contribution is 5.71. The van der Waals surface area contributed by atoms with Gasteiger partial charge in [-0.15, -0.1) is 0 Å². The summed E-state index contributed by atoms with van der Waals surface area (Å²) in [4.78, 5) is 18.5. The molecule has 0 aliphatic heterocycles. The van der Waals surface area contributed by atoms with Crippen LogP contribution in [-0.2, 0) is 9.59 Å². The van der Waals surface area contributed by atoms with Gasteiger partial charge < -0.3 is 20.4 Å². The van der Waals surface area contributed by atoms with E-state index in [0.717, 1.165) is 6.92 Å². The van der Waals surface area contributed by atoms with E-state index >= 15 is 0 Å². The van der Waals surface area contributed by atoms with Crippen molar-refractivity contribution in [2.75, 3.05) is 6.61 Å². The van der Waals surface area contributed by atoms with Crippen LogP contribution in [0.4, 0.5) is 0 Å². The second-order valence-corrected chi connectivity index (χ2v) is 1.56. The molecule has 11 heavy (non-hydrogen) atoms. The number of aliphatic hydroxyl groups excluding tert-OH is 2. The van der Waals surface area contributed by atoms with Crippen LogP contribution in [0.1, 0.15) is 6.92 Å². The number of hydrogen-bond donors (Lipinski definition) is 4. The van der Waals surface area contributed by atoms with Crippen molar-refractivity contribution in [1.29, 1.82) is 0 Å². The molecule has 1 atom stereocenters. The van der Waals surface area contributed by atoms with Crippen molar-refractivity contribution >= 4 is 11.9 Å². The van der Waals surface area contributed by atoms with Gasteiger partial charge in [-0.1, -0.05) is 0 Å². The Kier molecular flexibility index (Phi) is 7.94. The summed E-state index contributed by atoms with van der Waals surface area (Å²) in [7, 11) is 0. The van der Waals surface area contributed by atoms with Crippen LogP contribution in [0.5, 0.6) is 0 Å². The minimum absolute atomic E-state index is 0.727. The van der Waals surface area contributed by atoms with Gasteiger partial charge in [-0.3, -0.25) is 4.79 Å². The lowest BCUT2D eigenvalue weighted by molar-refractivity contribution is -0.148. The number of aliphatic carboxylic acids is 2. The quantitative estimate of drug-likeness (QED) is 0.397. The zero-order valence-corrected chi connectivity index (χ0v) is 5.89. The third kappa shape index (κ3) is 17.7. The normalized spacial score (nSPS) is 10.8. The first kappa shape index (κ1) is 12.5. The lowest BCUT2D eigenvalue weighted by Crippen LogP contribution is -2.22. The lowest BCUT2D eigenvalue weighted by Gasteiger charge is -1.95. The molecule has 0 aromatic carbocycles. The van der Waals surface area contributed by atoms with Gasteiger partial charge in [0.25, 0.3) is 5.97 Å². The van der Waals surface area contributed by atoms with E-state index in [9.17, 15) is 4.79 Å². The molecule has 6 heteroatoms. The topological polar surface area (TPSA) is 115 Å². The molecule has 4 N–H and O–H groups in total. The van der Waals surface area contributed by atoms with Crippen LogP contribution < -0.4 is 0 Å². The van der Waals surface area contributed by atoms with Gasteiger partial charge in [-0.2, -0.15) is 0 Å². The fourth-order valence-corrected chi connectivity index (χ4v) is 0.0781. The van der Waals surface area contributed by atoms with Gasteiger partial charge in [0, 0.05) is 6.92 Å². The monoisotopic (exact) mass is 166 g/mol. The maximum Gasteiger partial charge on any atom is 0.334 e. The minimum atomic E-state index is -1.63. The Balaban J connectivity index is 0. The number of carboxylic acids is 2. The summed E-state index contributed by atoms with van der Waals surface area (Å²) in [6, 6.07) is 0. The van der Waals surface area contributed by atoms with Crippen LogP contribution in [0.15, 0.2) is 0 Å². The number of carbonyl (C=O) groups is 2. The molecule has 0 heterocycles. The van der Waals surface area contributed by atoms with E-state index in [1.807, 2.05) is 0 Å². The molecule has 0 radical (unpaired) electrons. The first-order chi connectivity index (χ1) is 4.91.